The molecule has 3 rings (SSSR count). The van der Waals surface area contributed by atoms with Crippen LogP contribution in [0.1, 0.15) is 41.4 Å². The maximum atomic E-state index is 12.9. The molecule has 0 saturated carbocycles. The van der Waals surface area contributed by atoms with Crippen molar-refractivity contribution in [2.45, 2.75) is 0 Å². The zero-order valence-corrected chi connectivity index (χ0v) is 15.2. The van der Waals surface area contributed by atoms with Crippen LogP contribution in [0.4, 0.5) is 5.69 Å². The molecule has 0 heterocycles. The maximum Gasteiger partial charge on any atom is 0.256 e. The summed E-state index contributed by atoms with van der Waals surface area (Å²) in [6.45, 7) is 0. The van der Waals surface area contributed by atoms with Crippen LogP contribution in [0.2, 0.25) is 0 Å². The minimum atomic E-state index is -1.63. The number of carbonyl (C=O) groups excluding carboxylic acids is 4. The molecule has 0 fully saturated rings. The minimum absolute atomic E-state index is 0.0834. The van der Waals surface area contributed by atoms with E-state index in [-0.39, 0.29) is 22.4 Å². The molecule has 0 atom stereocenters. The molecule has 30 heavy (non-hydrogen) atoms. The fraction of sp³-hybridized carbons (Fsp3) is 0. The highest BCUT2D eigenvalue weighted by Gasteiger charge is 2.16. The van der Waals surface area contributed by atoms with E-state index in [9.17, 15) is 34.5 Å². The van der Waals surface area contributed by atoms with Gasteiger partial charge in [-0.2, -0.15) is 0 Å². The van der Waals surface area contributed by atoms with Gasteiger partial charge in [-0.1, -0.05) is 42.5 Å². The van der Waals surface area contributed by atoms with Gasteiger partial charge in [0.25, 0.3) is 5.91 Å². The Morgan fingerprint density at radius 2 is 1.07 bits per heavy atom. The molecule has 150 valence electrons. The molecule has 0 aromatic heterocycles. The molecule has 0 unspecified atom stereocenters. The molecule has 1 N–H and O–H groups in total. The number of anilines is 1. The Kier molecular flexibility index (Phi) is 5.59. The van der Waals surface area contributed by atoms with Crippen LogP contribution < -0.4 is 20.6 Å². The van der Waals surface area contributed by atoms with Crippen LogP contribution in [0.15, 0.2) is 66.7 Å². The molecular weight excluding hydrogens is 390 g/mol. The molecule has 1 amide bonds. The first-order valence-electron chi connectivity index (χ1n) is 8.57. The zero-order valence-electron chi connectivity index (χ0n) is 15.2. The number of hydrogen-bond acceptors (Lipinski definition) is 7. The average molecular weight is 402 g/mol. The lowest BCUT2D eigenvalue weighted by Gasteiger charge is -2.16. The Hall–Kier alpha value is -4.46. The van der Waals surface area contributed by atoms with Gasteiger partial charge in [-0.05, 0) is 46.5 Å². The SMILES string of the molecule is O=C([O-])c1cc(NC(=O)c2ccccc2-c2ccccc2C(=O)[O-])cc(C(=O)[O-])c1. The molecule has 0 saturated heterocycles. The van der Waals surface area contributed by atoms with Crippen molar-refractivity contribution in [3.05, 3.63) is 89.0 Å². The van der Waals surface area contributed by atoms with Crippen molar-refractivity contribution in [3.63, 3.8) is 0 Å². The molecule has 0 aliphatic heterocycles. The number of carboxylic acids is 3. The van der Waals surface area contributed by atoms with Gasteiger partial charge < -0.3 is 35.0 Å². The predicted molar refractivity (Wildman–Crippen MR) is 99.3 cm³/mol. The normalized spacial score (nSPS) is 10.3. The van der Waals surface area contributed by atoms with Crippen molar-refractivity contribution >= 4 is 29.5 Å². The van der Waals surface area contributed by atoms with Gasteiger partial charge in [0, 0.05) is 16.8 Å². The van der Waals surface area contributed by atoms with Crippen LogP contribution in [-0.2, 0) is 0 Å². The van der Waals surface area contributed by atoms with E-state index in [1.54, 1.807) is 24.3 Å². The van der Waals surface area contributed by atoms with E-state index in [1.165, 1.54) is 24.3 Å². The first-order chi connectivity index (χ1) is 14.3. The number of rotatable bonds is 6. The third-order valence-corrected chi connectivity index (χ3v) is 4.27. The first kappa shape index (κ1) is 20.3. The van der Waals surface area contributed by atoms with Crippen molar-refractivity contribution < 1.29 is 34.5 Å². The number of benzene rings is 3. The van der Waals surface area contributed by atoms with Crippen LogP contribution in [-0.4, -0.2) is 23.8 Å². The van der Waals surface area contributed by atoms with Gasteiger partial charge in [0.1, 0.15) is 0 Å². The lowest BCUT2D eigenvalue weighted by molar-refractivity contribution is -0.256. The van der Waals surface area contributed by atoms with Crippen molar-refractivity contribution in [1.29, 1.82) is 0 Å². The lowest BCUT2D eigenvalue weighted by atomic mass is 9.95. The van der Waals surface area contributed by atoms with Gasteiger partial charge in [0.2, 0.25) is 0 Å². The quantitative estimate of drug-likeness (QED) is 0.594. The molecule has 0 radical (unpaired) electrons. The molecule has 0 spiro atoms. The van der Waals surface area contributed by atoms with Crippen molar-refractivity contribution in [2.24, 2.45) is 0 Å². The third kappa shape index (κ3) is 4.17. The number of aromatic carboxylic acids is 3. The summed E-state index contributed by atoms with van der Waals surface area (Å²) in [4.78, 5) is 46.5. The second kappa shape index (κ2) is 8.27. The molecule has 3 aromatic carbocycles. The van der Waals surface area contributed by atoms with Crippen molar-refractivity contribution in [1.82, 2.24) is 0 Å². The Morgan fingerprint density at radius 1 is 0.600 bits per heavy atom. The van der Waals surface area contributed by atoms with Gasteiger partial charge in [0.15, 0.2) is 0 Å². The highest BCUT2D eigenvalue weighted by molar-refractivity contribution is 6.10. The van der Waals surface area contributed by atoms with Crippen molar-refractivity contribution in [2.75, 3.05) is 5.32 Å². The summed E-state index contributed by atoms with van der Waals surface area (Å²) >= 11 is 0. The predicted octanol–water partition coefficient (Wildman–Crippen LogP) is -0.304. The van der Waals surface area contributed by atoms with Gasteiger partial charge in [-0.3, -0.25) is 4.79 Å². The monoisotopic (exact) mass is 402 g/mol. The summed E-state index contributed by atoms with van der Waals surface area (Å²) in [6.07, 6.45) is 0. The fourth-order valence-corrected chi connectivity index (χ4v) is 2.95. The van der Waals surface area contributed by atoms with Crippen LogP contribution in [0.5, 0.6) is 0 Å². The number of carboxylic acid groups (broad SMARTS) is 3. The smallest absolute Gasteiger partial charge is 0.256 e. The van der Waals surface area contributed by atoms with Crippen LogP contribution in [0.3, 0.4) is 0 Å². The van der Waals surface area contributed by atoms with E-state index in [0.29, 0.717) is 5.56 Å². The standard InChI is InChI=1S/C22H15NO7/c24-19(23-14-10-12(20(25)26)9-13(11-14)21(27)28)17-7-3-1-5-15(17)16-6-2-4-8-18(16)22(29)30/h1-11H,(H,23,24)(H,25,26)(H,27,28)(H,29,30)/p-3. The molecule has 3 aromatic rings. The van der Waals surface area contributed by atoms with Crippen LogP contribution in [0.25, 0.3) is 11.1 Å². The molecule has 0 aliphatic rings. The van der Waals surface area contributed by atoms with Crippen LogP contribution in [0, 0.1) is 0 Å². The summed E-state index contributed by atoms with van der Waals surface area (Å²) in [7, 11) is 0. The summed E-state index contributed by atoms with van der Waals surface area (Å²) in [6, 6.07) is 15.1. The van der Waals surface area contributed by atoms with E-state index in [1.807, 2.05) is 0 Å². The molecule has 8 nitrogen and oxygen atoms in total. The number of carbonyl (C=O) groups is 4. The molecule has 0 bridgehead atoms. The van der Waals surface area contributed by atoms with Gasteiger partial charge in [-0.15, -0.1) is 0 Å². The third-order valence-electron chi connectivity index (χ3n) is 4.27. The van der Waals surface area contributed by atoms with E-state index in [2.05, 4.69) is 5.32 Å². The highest BCUT2D eigenvalue weighted by atomic mass is 16.4. The van der Waals surface area contributed by atoms with E-state index in [4.69, 9.17) is 0 Å². The zero-order chi connectivity index (χ0) is 21.8. The second-order valence-electron chi connectivity index (χ2n) is 6.21. The van der Waals surface area contributed by atoms with Gasteiger partial charge in [-0.25, -0.2) is 0 Å². The first-order valence-corrected chi connectivity index (χ1v) is 8.57. The summed E-state index contributed by atoms with van der Waals surface area (Å²) in [5, 5.41) is 36.1. The fourth-order valence-electron chi connectivity index (χ4n) is 2.95. The number of hydrogen-bond donors (Lipinski definition) is 1. The largest absolute Gasteiger partial charge is 0.545 e. The van der Waals surface area contributed by atoms with E-state index < -0.39 is 34.9 Å². The summed E-state index contributed by atoms with van der Waals surface area (Å²) in [5.41, 5.74) is -0.502. The average Bonchev–Trinajstić information content (AvgIpc) is 2.73. The Morgan fingerprint density at radius 3 is 1.57 bits per heavy atom. The van der Waals surface area contributed by atoms with Crippen molar-refractivity contribution in [3.8, 4) is 11.1 Å². The van der Waals surface area contributed by atoms with Crippen LogP contribution >= 0.6 is 0 Å². The number of nitrogens with one attached hydrogen (secondary N) is 1. The molecule has 8 heteroatoms. The maximum absolute atomic E-state index is 12.9. The Bertz CT molecular complexity index is 1150. The molecular formula is C22H12NO7-3. The topological polar surface area (TPSA) is 149 Å². The summed E-state index contributed by atoms with van der Waals surface area (Å²) < 4.78 is 0. The van der Waals surface area contributed by atoms with Gasteiger partial charge in [0.05, 0.1) is 17.9 Å². The van der Waals surface area contributed by atoms with Gasteiger partial charge >= 0.3 is 0 Å². The minimum Gasteiger partial charge on any atom is -0.545 e. The van der Waals surface area contributed by atoms with E-state index >= 15 is 0 Å². The number of amides is 1. The highest BCUT2D eigenvalue weighted by Crippen LogP contribution is 2.28. The Labute approximate surface area is 170 Å². The summed E-state index contributed by atoms with van der Waals surface area (Å²) in [5.74, 6) is -5.38. The second-order valence-corrected chi connectivity index (χ2v) is 6.21. The van der Waals surface area contributed by atoms with E-state index in [0.717, 1.165) is 18.2 Å². The lowest BCUT2D eigenvalue weighted by Crippen LogP contribution is -2.26. The molecule has 0 aliphatic carbocycles. The Balaban J connectivity index is 2.04.